The van der Waals surface area contributed by atoms with Crippen molar-refractivity contribution in [2.45, 2.75) is 32.6 Å². The minimum atomic E-state index is 0.356. The van der Waals surface area contributed by atoms with Crippen molar-refractivity contribution in [3.63, 3.8) is 0 Å². The van der Waals surface area contributed by atoms with Crippen LogP contribution in [0.4, 0.5) is 5.82 Å². The Hall–Kier alpha value is -2.64. The number of hydrogen-bond acceptors (Lipinski definition) is 6. The average Bonchev–Trinajstić information content (AvgIpc) is 3.01. The predicted octanol–water partition coefficient (Wildman–Crippen LogP) is 3.41. The monoisotopic (exact) mass is 409 g/mol. The van der Waals surface area contributed by atoms with Crippen LogP contribution in [0.5, 0.6) is 6.01 Å². The summed E-state index contributed by atoms with van der Waals surface area (Å²) in [6.07, 6.45) is 14.8. The first-order valence-corrected chi connectivity index (χ1v) is 10.9. The largest absolute Gasteiger partial charge is 0.463 e. The maximum atomic E-state index is 6.14. The molecule has 7 heteroatoms. The molecule has 160 valence electrons. The molecule has 3 N–H and O–H groups in total. The molecule has 0 spiro atoms. The molecule has 1 fully saturated rings. The summed E-state index contributed by atoms with van der Waals surface area (Å²) in [5, 5.41) is 0. The van der Waals surface area contributed by atoms with E-state index in [9.17, 15) is 0 Å². The second-order valence-corrected chi connectivity index (χ2v) is 7.83. The lowest BCUT2D eigenvalue weighted by molar-refractivity contribution is 0.0426. The van der Waals surface area contributed by atoms with E-state index in [4.69, 9.17) is 15.2 Å². The third-order valence-corrected chi connectivity index (χ3v) is 5.46. The molecule has 7 nitrogen and oxygen atoms in total. The molecule has 2 aromatic rings. The van der Waals surface area contributed by atoms with Gasteiger partial charge in [-0.25, -0.2) is 0 Å². The number of H-pyrrole nitrogens is 1. The van der Waals surface area contributed by atoms with Crippen molar-refractivity contribution in [2.24, 2.45) is 0 Å². The fourth-order valence-electron chi connectivity index (χ4n) is 3.81. The molecule has 1 aliphatic carbocycles. The zero-order chi connectivity index (χ0) is 20.8. The van der Waals surface area contributed by atoms with Crippen molar-refractivity contribution in [3.05, 3.63) is 47.2 Å². The molecular formula is C23H31N5O2. The van der Waals surface area contributed by atoms with Crippen molar-refractivity contribution in [2.75, 3.05) is 45.2 Å². The van der Waals surface area contributed by atoms with Crippen LogP contribution in [-0.2, 0) is 11.2 Å². The zero-order valence-corrected chi connectivity index (χ0v) is 17.7. The molecule has 1 aliphatic heterocycles. The maximum Gasteiger partial charge on any atom is 0.319 e. The molecule has 0 unspecified atom stereocenters. The molecule has 0 aromatic carbocycles. The van der Waals surface area contributed by atoms with E-state index in [-0.39, 0.29) is 0 Å². The lowest BCUT2D eigenvalue weighted by atomic mass is 10.0. The molecule has 0 amide bonds. The fourth-order valence-corrected chi connectivity index (χ4v) is 3.81. The van der Waals surface area contributed by atoms with Crippen molar-refractivity contribution in [1.29, 1.82) is 0 Å². The van der Waals surface area contributed by atoms with Crippen molar-refractivity contribution in [1.82, 2.24) is 19.9 Å². The summed E-state index contributed by atoms with van der Waals surface area (Å²) >= 11 is 0. The number of allylic oxidation sites excluding steroid dienone is 4. The Morgan fingerprint density at radius 3 is 2.93 bits per heavy atom. The lowest BCUT2D eigenvalue weighted by Gasteiger charge is -2.27. The number of nitrogens with one attached hydrogen (secondary N) is 1. The van der Waals surface area contributed by atoms with Crippen LogP contribution in [-0.4, -0.2) is 59.3 Å². The number of nitrogens with zero attached hydrogens (tertiary/aromatic N) is 3. The van der Waals surface area contributed by atoms with E-state index in [1.54, 1.807) is 0 Å². The molecule has 3 heterocycles. The molecule has 4 rings (SSSR count). The number of nitrogens with two attached hydrogens (primary N) is 1. The minimum absolute atomic E-state index is 0.356. The van der Waals surface area contributed by atoms with Gasteiger partial charge in [0.1, 0.15) is 11.0 Å². The van der Waals surface area contributed by atoms with Crippen LogP contribution in [0.1, 0.15) is 31.7 Å². The Bertz CT molecular complexity index is 954. The first-order valence-electron chi connectivity index (χ1n) is 10.9. The maximum absolute atomic E-state index is 6.14. The number of unbranched alkanes of at least 4 members (excludes halogenated alkanes) is 1. The minimum Gasteiger partial charge on any atom is -0.463 e. The highest BCUT2D eigenvalue weighted by molar-refractivity contribution is 5.87. The molecule has 1 saturated heterocycles. The number of aromatic nitrogens is 3. The second-order valence-electron chi connectivity index (χ2n) is 7.83. The van der Waals surface area contributed by atoms with Gasteiger partial charge in [0, 0.05) is 37.8 Å². The summed E-state index contributed by atoms with van der Waals surface area (Å²) in [6, 6.07) is 0.356. The highest BCUT2D eigenvalue weighted by Gasteiger charge is 2.15. The molecule has 0 atom stereocenters. The van der Waals surface area contributed by atoms with Crippen molar-refractivity contribution < 1.29 is 9.47 Å². The van der Waals surface area contributed by atoms with Gasteiger partial charge in [0.15, 0.2) is 5.82 Å². The standard InChI is InChI=1S/C23H31N5O2/c1-2-3-10-30-23-26-20-19(15-25-21(20)22(24)27-23)14-17-6-4-5-7-18(13-17)16-28-8-11-29-12-9-28/h5-7,13,15,25H,2-4,8-12,14,16H2,1H3,(H2,24,26,27). The van der Waals surface area contributed by atoms with E-state index in [0.29, 0.717) is 18.4 Å². The van der Waals surface area contributed by atoms with E-state index in [0.717, 1.165) is 75.1 Å². The lowest BCUT2D eigenvalue weighted by Crippen LogP contribution is -2.37. The van der Waals surface area contributed by atoms with Gasteiger partial charge in [-0.15, -0.1) is 0 Å². The Kier molecular flexibility index (Phi) is 6.81. The van der Waals surface area contributed by atoms with Crippen LogP contribution >= 0.6 is 0 Å². The van der Waals surface area contributed by atoms with Crippen LogP contribution in [0.15, 0.2) is 41.6 Å². The highest BCUT2D eigenvalue weighted by Crippen LogP contribution is 2.26. The highest BCUT2D eigenvalue weighted by atomic mass is 16.5. The second kappa shape index (κ2) is 9.91. The van der Waals surface area contributed by atoms with Gasteiger partial charge in [-0.3, -0.25) is 4.90 Å². The summed E-state index contributed by atoms with van der Waals surface area (Å²) in [5.41, 5.74) is 11.5. The third kappa shape index (κ3) is 5.09. The van der Waals surface area contributed by atoms with Gasteiger partial charge < -0.3 is 20.2 Å². The van der Waals surface area contributed by atoms with Gasteiger partial charge in [0.05, 0.1) is 19.8 Å². The number of rotatable bonds is 8. The van der Waals surface area contributed by atoms with E-state index in [2.05, 4.69) is 51.1 Å². The van der Waals surface area contributed by atoms with Crippen LogP contribution in [0, 0.1) is 0 Å². The normalized spacial score (nSPS) is 17.6. The van der Waals surface area contributed by atoms with Gasteiger partial charge >= 0.3 is 6.01 Å². The summed E-state index contributed by atoms with van der Waals surface area (Å²) in [4.78, 5) is 14.6. The first-order chi connectivity index (χ1) is 14.7. The third-order valence-electron chi connectivity index (χ3n) is 5.46. The topological polar surface area (TPSA) is 89.3 Å². The number of ether oxygens (including phenoxy) is 2. The van der Waals surface area contributed by atoms with E-state index < -0.39 is 0 Å². The molecule has 30 heavy (non-hydrogen) atoms. The Balaban J connectivity index is 1.52. The Morgan fingerprint density at radius 2 is 2.10 bits per heavy atom. The smallest absolute Gasteiger partial charge is 0.319 e. The summed E-state index contributed by atoms with van der Waals surface area (Å²) < 4.78 is 11.2. The number of anilines is 1. The van der Waals surface area contributed by atoms with Crippen LogP contribution in [0.3, 0.4) is 0 Å². The molecule has 0 radical (unpaired) electrons. The van der Waals surface area contributed by atoms with Crippen LogP contribution < -0.4 is 10.5 Å². The zero-order valence-electron chi connectivity index (χ0n) is 17.7. The number of nitrogen functional groups attached to an aromatic ring is 1. The number of aromatic amines is 1. The van der Waals surface area contributed by atoms with E-state index in [1.807, 2.05) is 6.20 Å². The summed E-state index contributed by atoms with van der Waals surface area (Å²) in [5.74, 6) is 0.429. The molecule has 0 saturated carbocycles. The van der Waals surface area contributed by atoms with Gasteiger partial charge in [-0.2, -0.15) is 9.97 Å². The number of hydrogen-bond donors (Lipinski definition) is 2. The number of fused-ring (bicyclic) bond motifs is 1. The summed E-state index contributed by atoms with van der Waals surface area (Å²) in [7, 11) is 0. The van der Waals surface area contributed by atoms with Crippen molar-refractivity contribution >= 4 is 16.9 Å². The van der Waals surface area contributed by atoms with E-state index in [1.165, 1.54) is 11.1 Å². The van der Waals surface area contributed by atoms with Gasteiger partial charge in [-0.1, -0.05) is 37.6 Å². The molecule has 2 aliphatic rings. The van der Waals surface area contributed by atoms with Gasteiger partial charge in [0.25, 0.3) is 0 Å². The molecular weight excluding hydrogens is 378 g/mol. The SMILES string of the molecule is CCCCOc1nc(N)c2[nH]cc(CC3=CCC=CC(CN4CCOCC4)=C3)c2n1. The predicted molar refractivity (Wildman–Crippen MR) is 120 cm³/mol. The van der Waals surface area contributed by atoms with Gasteiger partial charge in [-0.05, 0) is 24.0 Å². The van der Waals surface area contributed by atoms with Crippen LogP contribution in [0.25, 0.3) is 11.0 Å². The average molecular weight is 410 g/mol. The quantitative estimate of drug-likeness (QED) is 0.650. The fraction of sp³-hybridized carbons (Fsp3) is 0.478. The number of morpholine rings is 1. The molecule has 2 aromatic heterocycles. The Labute approximate surface area is 177 Å². The molecule has 0 bridgehead atoms. The van der Waals surface area contributed by atoms with Crippen LogP contribution in [0.2, 0.25) is 0 Å². The first kappa shape index (κ1) is 20.6. The van der Waals surface area contributed by atoms with Crippen molar-refractivity contribution in [3.8, 4) is 6.01 Å². The van der Waals surface area contributed by atoms with Gasteiger partial charge in [0.2, 0.25) is 0 Å². The Morgan fingerprint density at radius 1 is 1.23 bits per heavy atom. The summed E-state index contributed by atoms with van der Waals surface area (Å²) in [6.45, 7) is 7.30. The van der Waals surface area contributed by atoms with E-state index >= 15 is 0 Å².